The maximum absolute atomic E-state index is 12.2. The molecule has 4 rings (SSSR count). The Hall–Kier alpha value is -1.31. The first-order valence-corrected chi connectivity index (χ1v) is 6.99. The van der Waals surface area contributed by atoms with Crippen LogP contribution in [0.25, 0.3) is 0 Å². The highest BCUT2D eigenvalue weighted by Crippen LogP contribution is 2.61. The minimum Gasteiger partial charge on any atom is -0.280 e. The average Bonchev–Trinajstić information content (AvgIpc) is 2.92. The fraction of sp³-hybridized carbons (Fsp3) is 0.188. The van der Waals surface area contributed by atoms with Crippen molar-refractivity contribution in [3.8, 4) is 0 Å². The lowest BCUT2D eigenvalue weighted by Crippen LogP contribution is -2.30. The van der Waals surface area contributed by atoms with Gasteiger partial charge in [-0.1, -0.05) is 41.9 Å². The second-order valence-corrected chi connectivity index (χ2v) is 6.03. The molecule has 0 fully saturated rings. The van der Waals surface area contributed by atoms with Crippen LogP contribution in [0.2, 0.25) is 5.02 Å². The molecule has 2 aliphatic carbocycles. The molecule has 3 heteroatoms. The molecule has 0 amide bonds. The van der Waals surface area contributed by atoms with E-state index in [0.717, 1.165) is 17.5 Å². The van der Waals surface area contributed by atoms with E-state index in [1.807, 2.05) is 36.4 Å². The van der Waals surface area contributed by atoms with Crippen LogP contribution in [0.1, 0.15) is 34.6 Å². The van der Waals surface area contributed by atoms with Crippen LogP contribution in [0.4, 0.5) is 0 Å². The fourth-order valence-corrected chi connectivity index (χ4v) is 4.19. The van der Waals surface area contributed by atoms with Gasteiger partial charge >= 0.3 is 0 Å². The van der Waals surface area contributed by atoms with Crippen molar-refractivity contribution in [1.29, 1.82) is 0 Å². The number of benzene rings is 2. The van der Waals surface area contributed by atoms with Gasteiger partial charge in [0.15, 0.2) is 0 Å². The van der Waals surface area contributed by atoms with Crippen LogP contribution in [0, 0.1) is 0 Å². The summed E-state index contributed by atoms with van der Waals surface area (Å²) in [7, 11) is 0. The summed E-state index contributed by atoms with van der Waals surface area (Å²) in [5.41, 5.74) is 3.77. The maximum atomic E-state index is 12.2. The number of fused-ring (bicyclic) bond motifs is 8. The van der Waals surface area contributed by atoms with Crippen molar-refractivity contribution < 1.29 is 4.79 Å². The molecule has 0 saturated carbocycles. The van der Waals surface area contributed by atoms with Crippen molar-refractivity contribution in [2.75, 3.05) is 0 Å². The molecule has 2 aromatic rings. The third kappa shape index (κ3) is 1.25. The maximum Gasteiger partial charge on any atom is 0.236 e. The molecule has 19 heavy (non-hydrogen) atoms. The van der Waals surface area contributed by atoms with Crippen molar-refractivity contribution in [3.05, 3.63) is 69.7 Å². The predicted molar refractivity (Wildman–Crippen MR) is 76.0 cm³/mol. The zero-order valence-electron chi connectivity index (χ0n) is 9.99. The third-order valence-corrected chi connectivity index (χ3v) is 5.05. The Kier molecular flexibility index (Phi) is 2.19. The van der Waals surface area contributed by atoms with E-state index in [9.17, 15) is 4.79 Å². The van der Waals surface area contributed by atoms with E-state index in [2.05, 4.69) is 6.07 Å². The largest absolute Gasteiger partial charge is 0.280 e. The Labute approximate surface area is 121 Å². The van der Waals surface area contributed by atoms with Crippen LogP contribution in [0.5, 0.6) is 0 Å². The summed E-state index contributed by atoms with van der Waals surface area (Å²) in [5, 5.41) is 0.351. The molecule has 2 atom stereocenters. The zero-order valence-corrected chi connectivity index (χ0v) is 11.5. The summed E-state index contributed by atoms with van der Waals surface area (Å²) in [5.74, 6) is 0.270. The highest BCUT2D eigenvalue weighted by atomic mass is 35.5. The predicted octanol–water partition coefficient (Wildman–Crippen LogP) is 4.24. The quantitative estimate of drug-likeness (QED) is 0.718. The molecule has 0 spiro atoms. The monoisotopic (exact) mass is 288 g/mol. The van der Waals surface area contributed by atoms with Crippen molar-refractivity contribution in [1.82, 2.24) is 0 Å². The van der Waals surface area contributed by atoms with Gasteiger partial charge in [-0.15, -0.1) is 0 Å². The summed E-state index contributed by atoms with van der Waals surface area (Å²) in [6, 6.07) is 13.9. The van der Waals surface area contributed by atoms with Gasteiger partial charge in [0.05, 0.1) is 5.41 Å². The van der Waals surface area contributed by atoms with Crippen molar-refractivity contribution in [2.24, 2.45) is 0 Å². The van der Waals surface area contributed by atoms with Crippen LogP contribution in [-0.2, 0) is 10.2 Å². The summed E-state index contributed by atoms with van der Waals surface area (Å²) >= 11 is 12.1. The number of hydrogen-bond acceptors (Lipinski definition) is 1. The van der Waals surface area contributed by atoms with Gasteiger partial charge in [-0.3, -0.25) is 4.79 Å². The molecule has 2 aliphatic rings. The highest BCUT2D eigenvalue weighted by Gasteiger charge is 2.56. The SMILES string of the molecule is O=C(Cl)C12C[C@H](c3ccccc31)c1ccc(Cl)cc12. The van der Waals surface area contributed by atoms with Gasteiger partial charge in [-0.05, 0) is 52.4 Å². The molecule has 0 N–H and O–H groups in total. The number of hydrogen-bond donors (Lipinski definition) is 0. The lowest BCUT2D eigenvalue weighted by molar-refractivity contribution is -0.115. The van der Waals surface area contributed by atoms with Gasteiger partial charge in [-0.25, -0.2) is 0 Å². The van der Waals surface area contributed by atoms with E-state index in [1.165, 1.54) is 11.1 Å². The topological polar surface area (TPSA) is 17.1 Å². The normalized spacial score (nSPS) is 26.1. The molecular weight excluding hydrogens is 279 g/mol. The molecule has 1 nitrogen and oxygen atoms in total. The van der Waals surface area contributed by atoms with Gasteiger partial charge in [0.1, 0.15) is 0 Å². The molecule has 0 heterocycles. The smallest absolute Gasteiger partial charge is 0.236 e. The fourth-order valence-electron chi connectivity index (χ4n) is 3.74. The second-order valence-electron chi connectivity index (χ2n) is 5.25. The second kappa shape index (κ2) is 3.62. The van der Waals surface area contributed by atoms with Gasteiger partial charge in [0.25, 0.3) is 0 Å². The number of carbonyl (C=O) groups is 1. The minimum absolute atomic E-state index is 0.270. The van der Waals surface area contributed by atoms with Crippen molar-refractivity contribution in [3.63, 3.8) is 0 Å². The van der Waals surface area contributed by atoms with Crippen molar-refractivity contribution in [2.45, 2.75) is 17.8 Å². The Morgan fingerprint density at radius 1 is 1.11 bits per heavy atom. The van der Waals surface area contributed by atoms with E-state index in [4.69, 9.17) is 23.2 Å². The minimum atomic E-state index is -0.691. The highest BCUT2D eigenvalue weighted by molar-refractivity contribution is 6.66. The average molecular weight is 289 g/mol. The molecular formula is C16H10Cl2O. The van der Waals surface area contributed by atoms with Gasteiger partial charge in [0, 0.05) is 10.9 Å². The Balaban J connectivity index is 2.10. The first kappa shape index (κ1) is 11.5. The first-order valence-electron chi connectivity index (χ1n) is 6.24. The van der Waals surface area contributed by atoms with E-state index in [0.29, 0.717) is 5.02 Å². The van der Waals surface area contributed by atoms with Crippen LogP contribution in [-0.4, -0.2) is 5.24 Å². The molecule has 0 radical (unpaired) electrons. The first-order chi connectivity index (χ1) is 9.14. The molecule has 94 valence electrons. The lowest BCUT2D eigenvalue weighted by Gasteiger charge is -2.27. The molecule has 0 saturated heterocycles. The number of halogens is 2. The summed E-state index contributed by atoms with van der Waals surface area (Å²) in [6.45, 7) is 0. The van der Waals surface area contributed by atoms with Crippen molar-refractivity contribution >= 4 is 28.4 Å². The Bertz CT molecular complexity index is 722. The van der Waals surface area contributed by atoms with E-state index in [1.54, 1.807) is 0 Å². The zero-order chi connectivity index (χ0) is 13.2. The standard InChI is InChI=1S/C16H10Cl2O/c17-9-5-6-11-12-8-16(15(18)19,14(11)7-9)13-4-2-1-3-10(12)13/h1-7,12H,8H2/t12-,16?/m1/s1. The lowest BCUT2D eigenvalue weighted by atomic mass is 9.76. The van der Waals surface area contributed by atoms with Crippen LogP contribution >= 0.6 is 23.2 Å². The summed E-state index contributed by atoms with van der Waals surface area (Å²) < 4.78 is 0. The van der Waals surface area contributed by atoms with Crippen LogP contribution in [0.3, 0.4) is 0 Å². The van der Waals surface area contributed by atoms with E-state index >= 15 is 0 Å². The van der Waals surface area contributed by atoms with Crippen LogP contribution in [0.15, 0.2) is 42.5 Å². The van der Waals surface area contributed by atoms with E-state index in [-0.39, 0.29) is 11.2 Å². The third-order valence-electron chi connectivity index (χ3n) is 4.49. The van der Waals surface area contributed by atoms with Gasteiger partial charge in [0.2, 0.25) is 5.24 Å². The van der Waals surface area contributed by atoms with Crippen LogP contribution < -0.4 is 0 Å². The number of carbonyl (C=O) groups excluding carboxylic acids is 1. The Morgan fingerprint density at radius 2 is 1.84 bits per heavy atom. The summed E-state index contributed by atoms with van der Waals surface area (Å²) in [4.78, 5) is 12.2. The summed E-state index contributed by atoms with van der Waals surface area (Å²) in [6.07, 6.45) is 0.740. The van der Waals surface area contributed by atoms with Gasteiger partial charge in [-0.2, -0.15) is 0 Å². The molecule has 1 unspecified atom stereocenters. The molecule has 0 aliphatic heterocycles. The molecule has 0 aromatic heterocycles. The van der Waals surface area contributed by atoms with E-state index < -0.39 is 5.41 Å². The Morgan fingerprint density at radius 3 is 2.63 bits per heavy atom. The number of rotatable bonds is 1. The molecule has 2 bridgehead atoms. The van der Waals surface area contributed by atoms with Gasteiger partial charge < -0.3 is 0 Å². The molecule has 2 aromatic carbocycles.